The molecule has 1 atom stereocenters. The van der Waals surface area contributed by atoms with Gasteiger partial charge in [0.1, 0.15) is 5.75 Å². The Balaban J connectivity index is 2.90. The third kappa shape index (κ3) is 2.48. The van der Waals surface area contributed by atoms with Gasteiger partial charge in [-0.3, -0.25) is 4.79 Å². The second-order valence-electron chi connectivity index (χ2n) is 3.48. The van der Waals surface area contributed by atoms with E-state index in [0.717, 1.165) is 4.90 Å². The smallest absolute Gasteiger partial charge is 0.315 e. The lowest BCUT2D eigenvalue weighted by Crippen LogP contribution is -2.34. The first kappa shape index (κ1) is 12.4. The Morgan fingerprint density at radius 1 is 1.38 bits per heavy atom. The second kappa shape index (κ2) is 4.92. The Morgan fingerprint density at radius 2 is 1.94 bits per heavy atom. The van der Waals surface area contributed by atoms with Crippen LogP contribution >= 0.6 is 0 Å². The van der Waals surface area contributed by atoms with Crippen LogP contribution in [0.4, 0.5) is 8.78 Å². The normalized spacial score (nSPS) is 12.6. The molecule has 0 spiro atoms. The highest BCUT2D eigenvalue weighted by atomic mass is 19.3. The maximum atomic E-state index is 12.2. The summed E-state index contributed by atoms with van der Waals surface area (Å²) in [4.78, 5) is 12.0. The Bertz CT molecular complexity index is 382. The predicted molar refractivity (Wildman–Crippen MR) is 55.3 cm³/mol. The van der Waals surface area contributed by atoms with Gasteiger partial charge in [-0.2, -0.15) is 8.78 Å². The Kier molecular flexibility index (Phi) is 3.82. The highest BCUT2D eigenvalue weighted by Crippen LogP contribution is 2.27. The number of alkyl halides is 2. The van der Waals surface area contributed by atoms with E-state index in [4.69, 9.17) is 0 Å². The summed E-state index contributed by atoms with van der Waals surface area (Å²) in [7, 11) is 1.28. The van der Waals surface area contributed by atoms with Crippen LogP contribution in [0.2, 0.25) is 0 Å². The Morgan fingerprint density at radius 3 is 2.44 bits per heavy atom. The highest BCUT2D eigenvalue weighted by molar-refractivity contribution is 5.79. The minimum absolute atomic E-state index is 0.0103. The molecule has 0 saturated carbocycles. The number of nitrogens with zero attached hydrogens (tertiary/aromatic N) is 1. The van der Waals surface area contributed by atoms with Crippen LogP contribution in [0.3, 0.4) is 0 Å². The fourth-order valence-electron chi connectivity index (χ4n) is 1.39. The maximum absolute atomic E-state index is 12.2. The Labute approximate surface area is 92.3 Å². The Hall–Kier alpha value is -1.65. The molecule has 3 nitrogen and oxygen atoms in total. The number of hydrogen-bond donors (Lipinski definition) is 1. The number of para-hydroxylation sites is 1. The fourth-order valence-corrected chi connectivity index (χ4v) is 1.39. The van der Waals surface area contributed by atoms with Gasteiger partial charge in [0, 0.05) is 12.6 Å². The van der Waals surface area contributed by atoms with Gasteiger partial charge in [0.25, 0.3) is 5.91 Å². The van der Waals surface area contributed by atoms with Gasteiger partial charge in [-0.15, -0.1) is 0 Å². The van der Waals surface area contributed by atoms with Crippen LogP contribution in [0, 0.1) is 0 Å². The van der Waals surface area contributed by atoms with Gasteiger partial charge in [0.2, 0.25) is 0 Å². The number of phenolic OH excluding ortho intramolecular Hbond substituents is 1. The summed E-state index contributed by atoms with van der Waals surface area (Å²) >= 11 is 0. The van der Waals surface area contributed by atoms with Crippen molar-refractivity contribution in [1.82, 2.24) is 4.90 Å². The van der Waals surface area contributed by atoms with Crippen LogP contribution in [0.15, 0.2) is 24.3 Å². The summed E-state index contributed by atoms with van der Waals surface area (Å²) in [6.07, 6.45) is -3.03. The molecule has 0 aliphatic carbocycles. The number of benzene rings is 1. The number of amides is 1. The maximum Gasteiger partial charge on any atom is 0.315 e. The molecule has 1 aromatic carbocycles. The van der Waals surface area contributed by atoms with Gasteiger partial charge in [-0.1, -0.05) is 18.2 Å². The summed E-state index contributed by atoms with van der Waals surface area (Å²) < 4.78 is 24.4. The van der Waals surface area contributed by atoms with Crippen molar-refractivity contribution in [3.63, 3.8) is 0 Å². The van der Waals surface area contributed by atoms with Gasteiger partial charge in [-0.05, 0) is 13.0 Å². The van der Waals surface area contributed by atoms with E-state index in [1.807, 2.05) is 0 Å². The minimum Gasteiger partial charge on any atom is -0.508 e. The molecule has 0 aliphatic heterocycles. The number of halogens is 2. The largest absolute Gasteiger partial charge is 0.508 e. The third-order valence-corrected chi connectivity index (χ3v) is 2.50. The molecule has 1 unspecified atom stereocenters. The number of carbonyl (C=O) groups excluding carboxylic acids is 1. The van der Waals surface area contributed by atoms with Crippen molar-refractivity contribution in [2.45, 2.75) is 19.4 Å². The second-order valence-corrected chi connectivity index (χ2v) is 3.48. The van der Waals surface area contributed by atoms with Crippen molar-refractivity contribution in [2.75, 3.05) is 7.05 Å². The van der Waals surface area contributed by atoms with E-state index in [1.165, 1.54) is 13.1 Å². The molecule has 0 fully saturated rings. The highest BCUT2D eigenvalue weighted by Gasteiger charge is 2.25. The molecule has 88 valence electrons. The summed E-state index contributed by atoms with van der Waals surface area (Å²) in [6.45, 7) is 1.58. The van der Waals surface area contributed by atoms with E-state index in [0.29, 0.717) is 5.56 Å². The topological polar surface area (TPSA) is 40.5 Å². The van der Waals surface area contributed by atoms with Crippen molar-refractivity contribution in [1.29, 1.82) is 0 Å². The SMILES string of the molecule is CC(c1ccccc1O)N(C)C(=O)C(F)F. The van der Waals surface area contributed by atoms with E-state index < -0.39 is 18.4 Å². The molecule has 0 aromatic heterocycles. The standard InChI is InChI=1S/C11H13F2NO2/c1-7(14(2)11(16)10(12)13)8-5-3-4-6-9(8)15/h3-7,10,15H,1-2H3. The first-order valence-electron chi connectivity index (χ1n) is 4.78. The fraction of sp³-hybridized carbons (Fsp3) is 0.364. The average Bonchev–Trinajstić information content (AvgIpc) is 2.26. The molecule has 0 bridgehead atoms. The zero-order chi connectivity index (χ0) is 12.3. The van der Waals surface area contributed by atoms with Crippen molar-refractivity contribution in [3.05, 3.63) is 29.8 Å². The van der Waals surface area contributed by atoms with Gasteiger partial charge >= 0.3 is 6.43 Å². The van der Waals surface area contributed by atoms with E-state index in [-0.39, 0.29) is 5.75 Å². The lowest BCUT2D eigenvalue weighted by Gasteiger charge is -2.25. The van der Waals surface area contributed by atoms with E-state index >= 15 is 0 Å². The zero-order valence-electron chi connectivity index (χ0n) is 9.02. The number of phenols is 1. The molecule has 0 aliphatic rings. The van der Waals surface area contributed by atoms with Gasteiger partial charge in [-0.25, -0.2) is 0 Å². The zero-order valence-corrected chi connectivity index (χ0v) is 9.02. The molecule has 1 aromatic rings. The molecule has 0 heterocycles. The molecule has 0 radical (unpaired) electrons. The van der Waals surface area contributed by atoms with Crippen molar-refractivity contribution in [3.8, 4) is 5.75 Å². The van der Waals surface area contributed by atoms with Crippen LogP contribution in [0.1, 0.15) is 18.5 Å². The number of rotatable bonds is 3. The number of hydrogen-bond acceptors (Lipinski definition) is 2. The number of carbonyl (C=O) groups is 1. The number of aromatic hydroxyl groups is 1. The molecule has 16 heavy (non-hydrogen) atoms. The van der Waals surface area contributed by atoms with Crippen molar-refractivity contribution >= 4 is 5.91 Å². The lowest BCUT2D eigenvalue weighted by molar-refractivity contribution is -0.143. The van der Waals surface area contributed by atoms with Crippen molar-refractivity contribution < 1.29 is 18.7 Å². The van der Waals surface area contributed by atoms with Crippen molar-refractivity contribution in [2.24, 2.45) is 0 Å². The lowest BCUT2D eigenvalue weighted by atomic mass is 10.1. The van der Waals surface area contributed by atoms with Crippen LogP contribution in [-0.2, 0) is 4.79 Å². The molecule has 1 N–H and O–H groups in total. The summed E-state index contributed by atoms with van der Waals surface area (Å²) in [5, 5.41) is 9.52. The molecular weight excluding hydrogens is 216 g/mol. The van der Waals surface area contributed by atoms with Gasteiger partial charge in [0.05, 0.1) is 6.04 Å². The van der Waals surface area contributed by atoms with E-state index in [1.54, 1.807) is 25.1 Å². The van der Waals surface area contributed by atoms with Crippen LogP contribution in [0.25, 0.3) is 0 Å². The average molecular weight is 229 g/mol. The molecular formula is C11H13F2NO2. The quantitative estimate of drug-likeness (QED) is 0.863. The van der Waals surface area contributed by atoms with E-state index in [2.05, 4.69) is 0 Å². The molecule has 0 saturated heterocycles. The van der Waals surface area contributed by atoms with Crippen LogP contribution in [0.5, 0.6) is 5.75 Å². The van der Waals surface area contributed by atoms with Gasteiger partial charge in [0.15, 0.2) is 0 Å². The van der Waals surface area contributed by atoms with Crippen LogP contribution < -0.4 is 0 Å². The minimum atomic E-state index is -3.03. The summed E-state index contributed by atoms with van der Waals surface area (Å²) in [5.74, 6) is -1.26. The first-order chi connectivity index (χ1) is 7.45. The summed E-state index contributed by atoms with van der Waals surface area (Å²) in [6, 6.07) is 5.75. The monoisotopic (exact) mass is 229 g/mol. The molecule has 1 rings (SSSR count). The van der Waals surface area contributed by atoms with E-state index in [9.17, 15) is 18.7 Å². The van der Waals surface area contributed by atoms with Gasteiger partial charge < -0.3 is 10.0 Å². The molecule has 5 heteroatoms. The predicted octanol–water partition coefficient (Wildman–Crippen LogP) is 2.18. The summed E-state index contributed by atoms with van der Waals surface area (Å²) in [5.41, 5.74) is 0.444. The molecule has 1 amide bonds. The van der Waals surface area contributed by atoms with Crippen LogP contribution in [-0.4, -0.2) is 29.4 Å². The first-order valence-corrected chi connectivity index (χ1v) is 4.78. The third-order valence-electron chi connectivity index (χ3n) is 2.50.